The van der Waals surface area contributed by atoms with E-state index in [1.54, 1.807) is 13.3 Å². The lowest BCUT2D eigenvalue weighted by Crippen LogP contribution is -2.30. The fourth-order valence-corrected chi connectivity index (χ4v) is 2.37. The van der Waals surface area contributed by atoms with E-state index in [0.29, 0.717) is 5.11 Å². The van der Waals surface area contributed by atoms with Gasteiger partial charge in [0.05, 0.1) is 7.11 Å². The first kappa shape index (κ1) is 13.8. The summed E-state index contributed by atoms with van der Waals surface area (Å²) in [4.78, 5) is 4.11. The summed E-state index contributed by atoms with van der Waals surface area (Å²) in [5, 5.41) is 9.49. The molecule has 0 bridgehead atoms. The number of anilines is 1. The van der Waals surface area contributed by atoms with Crippen LogP contribution in [0.1, 0.15) is 5.56 Å². The van der Waals surface area contributed by atoms with Gasteiger partial charge in [0.2, 0.25) is 0 Å². The van der Waals surface area contributed by atoms with Gasteiger partial charge in [-0.25, -0.2) is 4.98 Å². The van der Waals surface area contributed by atoms with Gasteiger partial charge >= 0.3 is 0 Å². The third-order valence-corrected chi connectivity index (χ3v) is 3.42. The largest absolute Gasteiger partial charge is 0.497 e. The van der Waals surface area contributed by atoms with Gasteiger partial charge in [-0.2, -0.15) is 0 Å². The lowest BCUT2D eigenvalue weighted by atomic mass is 10.1. The molecule has 0 atom stereocenters. The van der Waals surface area contributed by atoms with Crippen molar-refractivity contribution < 1.29 is 4.74 Å². The second-order valence-corrected chi connectivity index (χ2v) is 5.12. The Morgan fingerprint density at radius 1 is 1.47 bits per heavy atom. The van der Waals surface area contributed by atoms with Crippen LogP contribution in [-0.2, 0) is 6.42 Å². The Morgan fingerprint density at radius 2 is 2.37 bits per heavy atom. The molecule has 1 heterocycles. The Bertz CT molecular complexity index is 528. The van der Waals surface area contributed by atoms with Crippen molar-refractivity contribution in [3.05, 3.63) is 41.4 Å². The van der Waals surface area contributed by atoms with Crippen LogP contribution in [0, 0.1) is 0 Å². The van der Waals surface area contributed by atoms with Crippen molar-refractivity contribution in [2.75, 3.05) is 19.0 Å². The lowest BCUT2D eigenvalue weighted by Gasteiger charge is -2.09. The Morgan fingerprint density at radius 3 is 3.11 bits per heavy atom. The highest BCUT2D eigenvalue weighted by molar-refractivity contribution is 7.80. The summed E-state index contributed by atoms with van der Waals surface area (Å²) in [5.74, 6) is 0.876. The van der Waals surface area contributed by atoms with E-state index in [1.807, 2.05) is 23.6 Å². The molecule has 0 aliphatic carbocycles. The van der Waals surface area contributed by atoms with Crippen molar-refractivity contribution in [3.8, 4) is 5.75 Å². The zero-order valence-electron chi connectivity index (χ0n) is 10.6. The number of rotatable bonds is 5. The van der Waals surface area contributed by atoms with Gasteiger partial charge in [-0.1, -0.05) is 12.1 Å². The molecule has 4 nitrogen and oxygen atoms in total. The lowest BCUT2D eigenvalue weighted by molar-refractivity contribution is 0.414. The molecule has 0 radical (unpaired) electrons. The van der Waals surface area contributed by atoms with Crippen LogP contribution in [0.15, 0.2) is 35.8 Å². The predicted octanol–water partition coefficient (Wildman–Crippen LogP) is 2.68. The first-order valence-corrected chi connectivity index (χ1v) is 7.14. The third-order valence-electron chi connectivity index (χ3n) is 2.49. The quantitative estimate of drug-likeness (QED) is 0.830. The van der Waals surface area contributed by atoms with Crippen LogP contribution in [0.3, 0.4) is 0 Å². The van der Waals surface area contributed by atoms with Crippen LogP contribution in [-0.4, -0.2) is 23.8 Å². The van der Waals surface area contributed by atoms with Crippen LogP contribution in [0.2, 0.25) is 0 Å². The number of methoxy groups -OCH3 is 1. The third kappa shape index (κ3) is 4.50. The Hall–Kier alpha value is -1.66. The average Bonchev–Trinajstić information content (AvgIpc) is 2.92. The molecule has 2 aromatic rings. The minimum absolute atomic E-state index is 0.595. The van der Waals surface area contributed by atoms with Crippen LogP contribution in [0.5, 0.6) is 5.75 Å². The van der Waals surface area contributed by atoms with Crippen LogP contribution >= 0.6 is 23.6 Å². The molecule has 0 saturated carbocycles. The summed E-state index contributed by atoms with van der Waals surface area (Å²) in [6.45, 7) is 0.768. The fraction of sp³-hybridized carbons (Fsp3) is 0.231. The second kappa shape index (κ2) is 7.06. The van der Waals surface area contributed by atoms with E-state index in [1.165, 1.54) is 16.9 Å². The minimum atomic E-state index is 0.595. The maximum atomic E-state index is 5.19. The van der Waals surface area contributed by atoms with E-state index in [0.717, 1.165) is 23.8 Å². The van der Waals surface area contributed by atoms with E-state index in [-0.39, 0.29) is 0 Å². The van der Waals surface area contributed by atoms with Crippen LogP contribution < -0.4 is 15.4 Å². The van der Waals surface area contributed by atoms with Gasteiger partial charge in [-0.05, 0) is 36.3 Å². The monoisotopic (exact) mass is 293 g/mol. The van der Waals surface area contributed by atoms with Gasteiger partial charge in [-0.15, -0.1) is 11.3 Å². The molecule has 1 aromatic carbocycles. The van der Waals surface area contributed by atoms with Gasteiger partial charge in [0.15, 0.2) is 10.2 Å². The Labute approximate surface area is 121 Å². The fourth-order valence-electron chi connectivity index (χ4n) is 1.57. The highest BCUT2D eigenvalue weighted by Crippen LogP contribution is 2.12. The number of thiocarbonyl (C=S) groups is 1. The molecule has 0 fully saturated rings. The molecule has 0 saturated heterocycles. The highest BCUT2D eigenvalue weighted by Gasteiger charge is 2.00. The highest BCUT2D eigenvalue weighted by atomic mass is 32.1. The molecule has 19 heavy (non-hydrogen) atoms. The number of nitrogens with one attached hydrogen (secondary N) is 2. The van der Waals surface area contributed by atoms with Crippen molar-refractivity contribution in [1.82, 2.24) is 10.3 Å². The molecule has 0 aliphatic rings. The zero-order chi connectivity index (χ0) is 13.5. The summed E-state index contributed by atoms with van der Waals surface area (Å²) >= 11 is 6.71. The molecular formula is C13H15N3OS2. The average molecular weight is 293 g/mol. The summed E-state index contributed by atoms with van der Waals surface area (Å²) in [5.41, 5.74) is 1.21. The van der Waals surface area contributed by atoms with Gasteiger partial charge in [-0.3, -0.25) is 0 Å². The first-order chi connectivity index (χ1) is 9.28. The minimum Gasteiger partial charge on any atom is -0.497 e. The molecule has 0 aliphatic heterocycles. The van der Waals surface area contributed by atoms with E-state index in [9.17, 15) is 0 Å². The van der Waals surface area contributed by atoms with Crippen molar-refractivity contribution in [1.29, 1.82) is 0 Å². The molecule has 100 valence electrons. The van der Waals surface area contributed by atoms with Crippen molar-refractivity contribution in [2.24, 2.45) is 0 Å². The topological polar surface area (TPSA) is 46.2 Å². The molecule has 2 N–H and O–H groups in total. The molecule has 6 heteroatoms. The number of hydrogen-bond acceptors (Lipinski definition) is 4. The van der Waals surface area contributed by atoms with Crippen molar-refractivity contribution >= 4 is 33.8 Å². The van der Waals surface area contributed by atoms with Gasteiger partial charge in [0.25, 0.3) is 0 Å². The Kier molecular flexibility index (Phi) is 5.11. The summed E-state index contributed by atoms with van der Waals surface area (Å²) < 4.78 is 5.19. The molecule has 1 aromatic heterocycles. The number of thiazole rings is 1. The van der Waals surface area contributed by atoms with E-state index in [4.69, 9.17) is 17.0 Å². The molecule has 0 amide bonds. The van der Waals surface area contributed by atoms with E-state index >= 15 is 0 Å². The summed E-state index contributed by atoms with van der Waals surface area (Å²) in [6, 6.07) is 8.02. The number of benzene rings is 1. The zero-order valence-corrected chi connectivity index (χ0v) is 12.2. The Balaban J connectivity index is 1.75. The van der Waals surface area contributed by atoms with Gasteiger partial charge < -0.3 is 15.4 Å². The van der Waals surface area contributed by atoms with Crippen molar-refractivity contribution in [3.63, 3.8) is 0 Å². The smallest absolute Gasteiger partial charge is 0.188 e. The number of hydrogen-bond donors (Lipinski definition) is 2. The maximum Gasteiger partial charge on any atom is 0.188 e. The molecule has 2 rings (SSSR count). The standard InChI is InChI=1S/C13H15N3OS2/c1-17-11-4-2-3-10(9-11)5-6-14-12(18)16-13-15-7-8-19-13/h2-4,7-9H,5-6H2,1H3,(H2,14,15,16,18). The second-order valence-electron chi connectivity index (χ2n) is 3.82. The molecular weight excluding hydrogens is 278 g/mol. The SMILES string of the molecule is COc1cccc(CCNC(=S)Nc2nccs2)c1. The van der Waals surface area contributed by atoms with Crippen LogP contribution in [0.4, 0.5) is 5.13 Å². The van der Waals surface area contributed by atoms with Crippen molar-refractivity contribution in [2.45, 2.75) is 6.42 Å². The summed E-state index contributed by atoms with van der Waals surface area (Å²) in [7, 11) is 1.67. The normalized spacial score (nSPS) is 9.95. The molecule has 0 unspecified atom stereocenters. The predicted molar refractivity (Wildman–Crippen MR) is 83.0 cm³/mol. The number of nitrogens with zero attached hydrogens (tertiary/aromatic N) is 1. The number of aromatic nitrogens is 1. The number of ether oxygens (including phenoxy) is 1. The maximum absolute atomic E-state index is 5.19. The summed E-state index contributed by atoms with van der Waals surface area (Å²) in [6.07, 6.45) is 2.63. The van der Waals surface area contributed by atoms with E-state index in [2.05, 4.69) is 21.7 Å². The van der Waals surface area contributed by atoms with Crippen LogP contribution in [0.25, 0.3) is 0 Å². The van der Waals surface area contributed by atoms with Gasteiger partial charge in [0.1, 0.15) is 5.75 Å². The molecule has 0 spiro atoms. The first-order valence-electron chi connectivity index (χ1n) is 5.85. The van der Waals surface area contributed by atoms with Gasteiger partial charge in [0, 0.05) is 18.1 Å². The van der Waals surface area contributed by atoms with E-state index < -0.39 is 0 Å².